The number of hydrogen-bond donors (Lipinski definition) is 0. The molecular weight excluding hydrogens is 228 g/mol. The lowest BCUT2D eigenvalue weighted by Gasteiger charge is -2.04. The van der Waals surface area contributed by atoms with E-state index in [0.717, 1.165) is 10.9 Å². The minimum atomic E-state index is 0.212. The molecule has 70 valence electrons. The average molecular weight is 241 g/mol. The molecule has 0 saturated heterocycles. The zero-order valence-electron chi connectivity index (χ0n) is 7.93. The number of benzene rings is 1. The van der Waals surface area contributed by atoms with Crippen LogP contribution in [-0.2, 0) is 5.33 Å². The fourth-order valence-corrected chi connectivity index (χ4v) is 1.85. The van der Waals surface area contributed by atoms with Gasteiger partial charge in [0.05, 0.1) is 0 Å². The van der Waals surface area contributed by atoms with Gasteiger partial charge in [-0.05, 0) is 24.1 Å². The first kappa shape index (κ1) is 10.5. The van der Waals surface area contributed by atoms with Crippen LogP contribution in [0.5, 0.6) is 0 Å². The Kier molecular flexibility index (Phi) is 3.67. The van der Waals surface area contributed by atoms with E-state index >= 15 is 0 Å². The second-order valence-corrected chi connectivity index (χ2v) is 3.61. The fourth-order valence-electron chi connectivity index (χ4n) is 1.22. The van der Waals surface area contributed by atoms with Crippen molar-refractivity contribution in [3.8, 4) is 0 Å². The number of ketones is 1. The van der Waals surface area contributed by atoms with Crippen LogP contribution in [0.2, 0.25) is 0 Å². The third-order valence-electron chi connectivity index (χ3n) is 2.13. The van der Waals surface area contributed by atoms with Crippen LogP contribution < -0.4 is 0 Å². The van der Waals surface area contributed by atoms with Crippen LogP contribution in [0, 0.1) is 6.92 Å². The maximum Gasteiger partial charge on any atom is 0.162 e. The van der Waals surface area contributed by atoms with Crippen molar-refractivity contribution in [1.29, 1.82) is 0 Å². The summed E-state index contributed by atoms with van der Waals surface area (Å²) in [5.74, 6) is 0.212. The van der Waals surface area contributed by atoms with Crippen LogP contribution in [0.15, 0.2) is 18.2 Å². The van der Waals surface area contributed by atoms with Crippen LogP contribution >= 0.6 is 15.9 Å². The SMILES string of the molecule is CCC(=O)c1ccc(CBr)c(C)c1. The standard InChI is InChI=1S/C11H13BrO/c1-3-11(13)9-4-5-10(7-12)8(2)6-9/h4-6H,3,7H2,1-2H3. The normalized spacial score (nSPS) is 10.1. The van der Waals surface area contributed by atoms with Crippen molar-refractivity contribution < 1.29 is 4.79 Å². The number of aryl methyl sites for hydroxylation is 1. The molecule has 0 aromatic heterocycles. The summed E-state index contributed by atoms with van der Waals surface area (Å²) in [6.45, 7) is 3.92. The van der Waals surface area contributed by atoms with Gasteiger partial charge in [-0.2, -0.15) is 0 Å². The highest BCUT2D eigenvalue weighted by Gasteiger charge is 2.04. The second-order valence-electron chi connectivity index (χ2n) is 3.05. The zero-order valence-corrected chi connectivity index (χ0v) is 9.52. The summed E-state index contributed by atoms with van der Waals surface area (Å²) in [6.07, 6.45) is 0.576. The molecule has 0 spiro atoms. The summed E-state index contributed by atoms with van der Waals surface area (Å²) < 4.78 is 0. The summed E-state index contributed by atoms with van der Waals surface area (Å²) >= 11 is 3.40. The van der Waals surface area contributed by atoms with Crippen LogP contribution in [-0.4, -0.2) is 5.78 Å². The molecule has 0 aliphatic heterocycles. The largest absolute Gasteiger partial charge is 0.294 e. The van der Waals surface area contributed by atoms with Crippen molar-refractivity contribution in [2.45, 2.75) is 25.6 Å². The molecular formula is C11H13BrO. The van der Waals surface area contributed by atoms with Gasteiger partial charge in [0.25, 0.3) is 0 Å². The Morgan fingerprint density at radius 1 is 1.46 bits per heavy atom. The minimum Gasteiger partial charge on any atom is -0.294 e. The molecule has 0 bridgehead atoms. The van der Waals surface area contributed by atoms with Crippen molar-refractivity contribution in [3.63, 3.8) is 0 Å². The quantitative estimate of drug-likeness (QED) is 0.584. The maximum atomic E-state index is 11.4. The second kappa shape index (κ2) is 4.56. The monoisotopic (exact) mass is 240 g/mol. The average Bonchev–Trinajstić information content (AvgIpc) is 2.16. The van der Waals surface area contributed by atoms with Crippen molar-refractivity contribution in [3.05, 3.63) is 34.9 Å². The highest BCUT2D eigenvalue weighted by Crippen LogP contribution is 2.15. The predicted octanol–water partition coefficient (Wildman–Crippen LogP) is 3.48. The number of carbonyl (C=O) groups is 1. The molecule has 0 N–H and O–H groups in total. The first-order chi connectivity index (χ1) is 6.19. The van der Waals surface area contributed by atoms with E-state index in [4.69, 9.17) is 0 Å². The number of Topliss-reactive ketones (excluding diaryl/α,β-unsaturated/α-hetero) is 1. The Morgan fingerprint density at radius 2 is 2.15 bits per heavy atom. The zero-order chi connectivity index (χ0) is 9.84. The van der Waals surface area contributed by atoms with Crippen molar-refractivity contribution in [2.24, 2.45) is 0 Å². The molecule has 13 heavy (non-hydrogen) atoms. The Hall–Kier alpha value is -0.630. The molecule has 0 atom stereocenters. The molecule has 0 amide bonds. The van der Waals surface area contributed by atoms with E-state index in [1.54, 1.807) is 0 Å². The number of carbonyl (C=O) groups excluding carboxylic acids is 1. The van der Waals surface area contributed by atoms with Gasteiger partial charge in [-0.15, -0.1) is 0 Å². The van der Waals surface area contributed by atoms with Gasteiger partial charge < -0.3 is 0 Å². The summed E-state index contributed by atoms with van der Waals surface area (Å²) in [5, 5.41) is 0.847. The lowest BCUT2D eigenvalue weighted by atomic mass is 10.0. The van der Waals surface area contributed by atoms with Crippen molar-refractivity contribution in [1.82, 2.24) is 0 Å². The number of rotatable bonds is 3. The first-order valence-electron chi connectivity index (χ1n) is 4.37. The molecule has 1 aromatic carbocycles. The van der Waals surface area contributed by atoms with Gasteiger partial charge in [-0.25, -0.2) is 0 Å². The van der Waals surface area contributed by atoms with E-state index in [-0.39, 0.29) is 5.78 Å². The number of alkyl halides is 1. The Labute approximate surface area is 87.3 Å². The molecule has 0 saturated carbocycles. The molecule has 0 unspecified atom stereocenters. The Bertz CT molecular complexity index is 318. The van der Waals surface area contributed by atoms with Crippen molar-refractivity contribution >= 4 is 21.7 Å². The van der Waals surface area contributed by atoms with Gasteiger partial charge >= 0.3 is 0 Å². The molecule has 0 aliphatic rings. The third kappa shape index (κ3) is 2.41. The van der Waals surface area contributed by atoms with E-state index in [2.05, 4.69) is 15.9 Å². The van der Waals surface area contributed by atoms with E-state index in [0.29, 0.717) is 6.42 Å². The van der Waals surface area contributed by atoms with E-state index in [1.807, 2.05) is 32.0 Å². The topological polar surface area (TPSA) is 17.1 Å². The van der Waals surface area contributed by atoms with E-state index in [1.165, 1.54) is 11.1 Å². The van der Waals surface area contributed by atoms with Crippen molar-refractivity contribution in [2.75, 3.05) is 0 Å². The third-order valence-corrected chi connectivity index (χ3v) is 2.73. The Morgan fingerprint density at radius 3 is 2.62 bits per heavy atom. The maximum absolute atomic E-state index is 11.4. The molecule has 0 aliphatic carbocycles. The first-order valence-corrected chi connectivity index (χ1v) is 5.50. The van der Waals surface area contributed by atoms with Gasteiger partial charge in [-0.1, -0.05) is 35.0 Å². The minimum absolute atomic E-state index is 0.212. The fraction of sp³-hybridized carbons (Fsp3) is 0.364. The lowest BCUT2D eigenvalue weighted by molar-refractivity contribution is 0.0988. The molecule has 1 nitrogen and oxygen atoms in total. The smallest absolute Gasteiger partial charge is 0.162 e. The van der Waals surface area contributed by atoms with Crippen LogP contribution in [0.3, 0.4) is 0 Å². The van der Waals surface area contributed by atoms with Gasteiger partial charge in [0.15, 0.2) is 5.78 Å². The highest BCUT2D eigenvalue weighted by molar-refractivity contribution is 9.08. The van der Waals surface area contributed by atoms with Gasteiger partial charge in [0, 0.05) is 17.3 Å². The number of halogens is 1. The van der Waals surface area contributed by atoms with Gasteiger partial charge in [0.2, 0.25) is 0 Å². The van der Waals surface area contributed by atoms with Gasteiger partial charge in [0.1, 0.15) is 0 Å². The molecule has 0 heterocycles. The van der Waals surface area contributed by atoms with Gasteiger partial charge in [-0.3, -0.25) is 4.79 Å². The summed E-state index contributed by atoms with van der Waals surface area (Å²) in [6, 6.07) is 5.87. The Balaban J connectivity index is 3.02. The van der Waals surface area contributed by atoms with E-state index < -0.39 is 0 Å². The molecule has 1 aromatic rings. The molecule has 0 radical (unpaired) electrons. The summed E-state index contributed by atoms with van der Waals surface area (Å²) in [4.78, 5) is 11.4. The molecule has 2 heteroatoms. The predicted molar refractivity (Wildman–Crippen MR) is 58.4 cm³/mol. The van der Waals surface area contributed by atoms with Crippen LogP contribution in [0.25, 0.3) is 0 Å². The van der Waals surface area contributed by atoms with Crippen LogP contribution in [0.1, 0.15) is 34.8 Å². The lowest BCUT2D eigenvalue weighted by Crippen LogP contribution is -1.97. The molecule has 1 rings (SSSR count). The van der Waals surface area contributed by atoms with Crippen LogP contribution in [0.4, 0.5) is 0 Å². The highest BCUT2D eigenvalue weighted by atomic mass is 79.9. The summed E-state index contributed by atoms with van der Waals surface area (Å²) in [7, 11) is 0. The summed E-state index contributed by atoms with van der Waals surface area (Å²) in [5.41, 5.74) is 3.24. The molecule has 0 fully saturated rings. The van der Waals surface area contributed by atoms with E-state index in [9.17, 15) is 4.79 Å². The number of hydrogen-bond acceptors (Lipinski definition) is 1.